The number of carboxylic acid groups (broad SMARTS) is 1. The topological polar surface area (TPSA) is 55.1 Å². The summed E-state index contributed by atoms with van der Waals surface area (Å²) in [5.74, 6) is -0.949. The molecule has 0 saturated heterocycles. The molecule has 0 spiro atoms. The number of hydrogen-bond donors (Lipinski definition) is 1. The van der Waals surface area contributed by atoms with Crippen molar-refractivity contribution in [3.8, 4) is 0 Å². The van der Waals surface area contributed by atoms with Crippen LogP contribution in [-0.2, 0) is 13.5 Å². The highest BCUT2D eigenvalue weighted by Gasteiger charge is 2.23. The second kappa shape index (κ2) is 4.49. The fourth-order valence-corrected chi connectivity index (χ4v) is 2.13. The predicted molar refractivity (Wildman–Crippen MR) is 65.1 cm³/mol. The van der Waals surface area contributed by atoms with Crippen LogP contribution in [0.1, 0.15) is 37.0 Å². The van der Waals surface area contributed by atoms with Gasteiger partial charge in [0.15, 0.2) is 10.9 Å². The van der Waals surface area contributed by atoms with Gasteiger partial charge in [-0.15, -0.1) is 0 Å². The summed E-state index contributed by atoms with van der Waals surface area (Å²) in [6.07, 6.45) is 2.60. The summed E-state index contributed by atoms with van der Waals surface area (Å²) in [4.78, 5) is 15.2. The van der Waals surface area contributed by atoms with Crippen molar-refractivity contribution < 1.29 is 9.90 Å². The third-order valence-corrected chi connectivity index (χ3v) is 2.99. The van der Waals surface area contributed by atoms with Crippen molar-refractivity contribution in [1.82, 2.24) is 9.55 Å². The molecule has 0 aromatic carbocycles. The van der Waals surface area contributed by atoms with E-state index in [1.807, 2.05) is 17.9 Å². The van der Waals surface area contributed by atoms with Crippen LogP contribution in [0.5, 0.6) is 0 Å². The molecule has 16 heavy (non-hydrogen) atoms. The minimum atomic E-state index is -0.949. The second-order valence-corrected chi connectivity index (χ2v) is 5.77. The zero-order valence-corrected chi connectivity index (χ0v) is 11.2. The van der Waals surface area contributed by atoms with Crippen molar-refractivity contribution in [3.05, 3.63) is 11.4 Å². The van der Waals surface area contributed by atoms with Gasteiger partial charge in [0.05, 0.1) is 5.69 Å². The van der Waals surface area contributed by atoms with E-state index in [0.29, 0.717) is 6.42 Å². The molecule has 0 unspecified atom stereocenters. The number of nitrogens with zero attached hydrogens (tertiary/aromatic N) is 2. The number of rotatable bonds is 3. The van der Waals surface area contributed by atoms with E-state index in [-0.39, 0.29) is 11.1 Å². The Labute approximate surface area is 100 Å². The maximum absolute atomic E-state index is 11.1. The van der Waals surface area contributed by atoms with Gasteiger partial charge in [0, 0.05) is 7.05 Å². The Kier molecular flexibility index (Phi) is 3.68. The number of aromatic carboxylic acids is 1. The van der Waals surface area contributed by atoms with Crippen molar-refractivity contribution in [3.63, 3.8) is 0 Å². The van der Waals surface area contributed by atoms with E-state index in [2.05, 4.69) is 25.8 Å². The number of imidazole rings is 1. The lowest BCUT2D eigenvalue weighted by Gasteiger charge is -2.18. The molecule has 0 aliphatic carbocycles. The van der Waals surface area contributed by atoms with Gasteiger partial charge < -0.3 is 9.67 Å². The monoisotopic (exact) mass is 242 g/mol. The third kappa shape index (κ3) is 2.78. The number of carboxylic acids is 1. The summed E-state index contributed by atoms with van der Waals surface area (Å²) in [6.45, 7) is 6.26. The first-order valence-corrected chi connectivity index (χ1v) is 6.31. The normalized spacial score (nSPS) is 11.8. The average molecular weight is 242 g/mol. The molecule has 0 fully saturated rings. The largest absolute Gasteiger partial charge is 0.476 e. The molecule has 1 N–H and O–H groups in total. The smallest absolute Gasteiger partial charge is 0.356 e. The van der Waals surface area contributed by atoms with E-state index < -0.39 is 5.97 Å². The SMILES string of the molecule is CSc1nc(C(=O)O)c(CC(C)(C)C)n1C. The van der Waals surface area contributed by atoms with Crippen LogP contribution in [0.25, 0.3) is 0 Å². The first-order chi connectivity index (χ1) is 7.26. The molecule has 0 aliphatic heterocycles. The van der Waals surface area contributed by atoms with Crippen LogP contribution < -0.4 is 0 Å². The van der Waals surface area contributed by atoms with Crippen molar-refractivity contribution in [1.29, 1.82) is 0 Å². The quantitative estimate of drug-likeness (QED) is 0.827. The van der Waals surface area contributed by atoms with Crippen molar-refractivity contribution >= 4 is 17.7 Å². The maximum Gasteiger partial charge on any atom is 0.356 e. The third-order valence-electron chi connectivity index (χ3n) is 2.26. The van der Waals surface area contributed by atoms with Crippen LogP contribution >= 0.6 is 11.8 Å². The van der Waals surface area contributed by atoms with Crippen molar-refractivity contribution in [2.75, 3.05) is 6.26 Å². The molecule has 90 valence electrons. The minimum absolute atomic E-state index is 0.0493. The van der Waals surface area contributed by atoms with Gasteiger partial charge in [0.25, 0.3) is 0 Å². The maximum atomic E-state index is 11.1. The summed E-state index contributed by atoms with van der Waals surface area (Å²) in [5.41, 5.74) is 1.03. The zero-order chi connectivity index (χ0) is 12.5. The van der Waals surface area contributed by atoms with E-state index in [1.165, 1.54) is 11.8 Å². The van der Waals surface area contributed by atoms with Crippen LogP contribution in [0, 0.1) is 5.41 Å². The van der Waals surface area contributed by atoms with Crippen molar-refractivity contribution in [2.45, 2.75) is 32.3 Å². The summed E-state index contributed by atoms with van der Waals surface area (Å²) in [5, 5.41) is 9.86. The Balaban J connectivity index is 3.23. The van der Waals surface area contributed by atoms with Crippen LogP contribution in [0.3, 0.4) is 0 Å². The summed E-state index contributed by atoms with van der Waals surface area (Å²) in [7, 11) is 1.87. The molecular formula is C11H18N2O2S. The number of hydrogen-bond acceptors (Lipinski definition) is 3. The molecule has 1 rings (SSSR count). The van der Waals surface area contributed by atoms with E-state index in [4.69, 9.17) is 5.11 Å². The van der Waals surface area contributed by atoms with E-state index >= 15 is 0 Å². The summed E-state index contributed by atoms with van der Waals surface area (Å²) >= 11 is 1.46. The molecular weight excluding hydrogens is 224 g/mol. The Morgan fingerprint density at radius 2 is 2.06 bits per heavy atom. The highest BCUT2D eigenvalue weighted by Crippen LogP contribution is 2.26. The first-order valence-electron chi connectivity index (χ1n) is 5.09. The zero-order valence-electron chi connectivity index (χ0n) is 10.4. The summed E-state index contributed by atoms with van der Waals surface area (Å²) < 4.78 is 1.87. The van der Waals surface area contributed by atoms with Gasteiger partial charge in [-0.25, -0.2) is 9.78 Å². The van der Waals surface area contributed by atoms with Crippen molar-refractivity contribution in [2.24, 2.45) is 12.5 Å². The van der Waals surface area contributed by atoms with E-state index in [0.717, 1.165) is 10.9 Å². The van der Waals surface area contributed by atoms with Crippen LogP contribution in [0.4, 0.5) is 0 Å². The molecule has 1 aromatic rings. The number of carbonyl (C=O) groups is 1. The molecule has 0 atom stereocenters. The lowest BCUT2D eigenvalue weighted by Crippen LogP contribution is -2.15. The highest BCUT2D eigenvalue weighted by atomic mass is 32.2. The fourth-order valence-electron chi connectivity index (χ4n) is 1.57. The lowest BCUT2D eigenvalue weighted by molar-refractivity contribution is 0.0689. The molecule has 4 nitrogen and oxygen atoms in total. The molecule has 1 heterocycles. The molecule has 0 bridgehead atoms. The molecule has 5 heteroatoms. The van der Waals surface area contributed by atoms with Crippen LogP contribution in [-0.4, -0.2) is 26.9 Å². The van der Waals surface area contributed by atoms with Gasteiger partial charge in [-0.2, -0.15) is 0 Å². The molecule has 0 aliphatic rings. The molecule has 0 saturated carbocycles. The molecule has 0 amide bonds. The van der Waals surface area contributed by atoms with Gasteiger partial charge >= 0.3 is 5.97 Å². The molecule has 1 aromatic heterocycles. The standard InChI is InChI=1S/C11H18N2O2S/c1-11(2,3)6-7-8(9(14)15)12-10(16-5)13(7)4/h6H2,1-5H3,(H,14,15). The van der Waals surface area contributed by atoms with Gasteiger partial charge in [-0.05, 0) is 18.1 Å². The number of aromatic nitrogens is 2. The average Bonchev–Trinajstić information content (AvgIpc) is 2.42. The predicted octanol–water partition coefficient (Wildman–Crippen LogP) is 2.43. The number of thioether (sulfide) groups is 1. The Morgan fingerprint density at radius 1 is 1.50 bits per heavy atom. The van der Waals surface area contributed by atoms with Crippen LogP contribution in [0.2, 0.25) is 0 Å². The van der Waals surface area contributed by atoms with Gasteiger partial charge in [-0.1, -0.05) is 32.5 Å². The Morgan fingerprint density at radius 3 is 2.44 bits per heavy atom. The highest BCUT2D eigenvalue weighted by molar-refractivity contribution is 7.98. The van der Waals surface area contributed by atoms with E-state index in [1.54, 1.807) is 0 Å². The Hall–Kier alpha value is -0.970. The minimum Gasteiger partial charge on any atom is -0.476 e. The molecule has 0 radical (unpaired) electrons. The van der Waals surface area contributed by atoms with Gasteiger partial charge in [0.1, 0.15) is 0 Å². The lowest BCUT2D eigenvalue weighted by atomic mass is 9.90. The van der Waals surface area contributed by atoms with E-state index in [9.17, 15) is 4.79 Å². The first kappa shape index (κ1) is 13.1. The Bertz CT molecular complexity index is 405. The summed E-state index contributed by atoms with van der Waals surface area (Å²) in [6, 6.07) is 0. The van der Waals surface area contributed by atoms with Gasteiger partial charge in [0.2, 0.25) is 0 Å². The fraction of sp³-hybridized carbons (Fsp3) is 0.636. The van der Waals surface area contributed by atoms with Gasteiger partial charge in [-0.3, -0.25) is 0 Å². The van der Waals surface area contributed by atoms with Crippen LogP contribution in [0.15, 0.2) is 5.16 Å². The second-order valence-electron chi connectivity index (χ2n) is 5.00.